The molecule has 0 aliphatic rings. The number of nitrogens with one attached hydrogen (secondary N) is 1. The van der Waals surface area contributed by atoms with Crippen LogP contribution in [0.3, 0.4) is 0 Å². The Labute approximate surface area is 147 Å². The van der Waals surface area contributed by atoms with Gasteiger partial charge in [0.25, 0.3) is 5.91 Å². The summed E-state index contributed by atoms with van der Waals surface area (Å²) in [5, 5.41) is 12.3. The fourth-order valence-electron chi connectivity index (χ4n) is 1.69. The van der Waals surface area contributed by atoms with E-state index in [0.29, 0.717) is 5.02 Å². The third-order valence-corrected chi connectivity index (χ3v) is 4.15. The molecule has 1 atom stereocenters. The fourth-order valence-corrected chi connectivity index (χ4v) is 1.88. The predicted molar refractivity (Wildman–Crippen MR) is 93.2 cm³/mol. The van der Waals surface area contributed by atoms with Crippen molar-refractivity contribution in [3.05, 3.63) is 40.4 Å². The largest absolute Gasteiger partial charge is 0.452 e. The second kappa shape index (κ2) is 8.51. The molecule has 24 heavy (non-hydrogen) atoms. The van der Waals surface area contributed by atoms with Crippen molar-refractivity contribution in [2.45, 2.75) is 33.2 Å². The van der Waals surface area contributed by atoms with Gasteiger partial charge in [-0.2, -0.15) is 5.26 Å². The monoisotopic (exact) mass is 348 g/mol. The summed E-state index contributed by atoms with van der Waals surface area (Å²) in [5.74, 6) is -1.24. The van der Waals surface area contributed by atoms with Gasteiger partial charge in [-0.1, -0.05) is 37.6 Å². The quantitative estimate of drug-likeness (QED) is 0.632. The molecular weight excluding hydrogens is 328 g/mol. The summed E-state index contributed by atoms with van der Waals surface area (Å²) in [6.45, 7) is 6.71. The first kappa shape index (κ1) is 19.7. The molecule has 6 heteroatoms. The van der Waals surface area contributed by atoms with E-state index in [2.05, 4.69) is 11.4 Å². The summed E-state index contributed by atoms with van der Waals surface area (Å²) in [6.07, 6.45) is 2.78. The van der Waals surface area contributed by atoms with Crippen LogP contribution in [0.25, 0.3) is 6.08 Å². The van der Waals surface area contributed by atoms with Crippen LogP contribution in [0.5, 0.6) is 0 Å². The minimum atomic E-state index is -1.00. The Morgan fingerprint density at radius 2 is 2.12 bits per heavy atom. The highest BCUT2D eigenvalue weighted by atomic mass is 35.5. The predicted octanol–water partition coefficient (Wildman–Crippen LogP) is 3.26. The molecule has 0 aliphatic carbocycles. The van der Waals surface area contributed by atoms with Gasteiger partial charge in [0.1, 0.15) is 5.54 Å². The van der Waals surface area contributed by atoms with E-state index in [1.165, 1.54) is 6.08 Å². The lowest BCUT2D eigenvalue weighted by Crippen LogP contribution is -2.50. The molecule has 5 nitrogen and oxygen atoms in total. The minimum absolute atomic E-state index is 0.0756. The van der Waals surface area contributed by atoms with E-state index in [1.807, 2.05) is 32.9 Å². The zero-order chi connectivity index (χ0) is 18.3. The Bertz CT molecular complexity index is 692. The van der Waals surface area contributed by atoms with Crippen LogP contribution in [-0.2, 0) is 14.3 Å². The van der Waals surface area contributed by atoms with Gasteiger partial charge in [-0.05, 0) is 43.0 Å². The molecule has 0 aliphatic heterocycles. The molecule has 0 aromatic heterocycles. The minimum Gasteiger partial charge on any atom is -0.452 e. The van der Waals surface area contributed by atoms with Crippen LogP contribution in [-0.4, -0.2) is 24.0 Å². The lowest BCUT2D eigenvalue weighted by molar-refractivity contribution is -0.144. The fraction of sp³-hybridized carbons (Fsp3) is 0.389. The number of nitriles is 1. The maximum Gasteiger partial charge on any atom is 0.331 e. The number of rotatable bonds is 6. The molecule has 0 fully saturated rings. The van der Waals surface area contributed by atoms with E-state index in [0.717, 1.165) is 11.1 Å². The Hall–Kier alpha value is -2.32. The van der Waals surface area contributed by atoms with Gasteiger partial charge < -0.3 is 10.1 Å². The zero-order valence-electron chi connectivity index (χ0n) is 14.2. The molecular formula is C18H21ClN2O3. The van der Waals surface area contributed by atoms with E-state index in [-0.39, 0.29) is 5.92 Å². The van der Waals surface area contributed by atoms with Crippen molar-refractivity contribution >= 4 is 29.6 Å². The SMILES string of the molecule is Cc1ccc(/C=C/C(=O)OCC(=O)N[C@@](C)(C#N)C(C)C)cc1Cl. The topological polar surface area (TPSA) is 79.2 Å². The Morgan fingerprint density at radius 1 is 1.46 bits per heavy atom. The zero-order valence-corrected chi connectivity index (χ0v) is 15.0. The van der Waals surface area contributed by atoms with Crippen LogP contribution in [0.15, 0.2) is 24.3 Å². The number of aryl methyl sites for hydroxylation is 1. The number of carbonyl (C=O) groups is 2. The van der Waals surface area contributed by atoms with Gasteiger partial charge in [-0.15, -0.1) is 0 Å². The molecule has 0 heterocycles. The molecule has 128 valence electrons. The van der Waals surface area contributed by atoms with Gasteiger partial charge in [-0.3, -0.25) is 4.79 Å². The van der Waals surface area contributed by atoms with Crippen molar-refractivity contribution in [2.75, 3.05) is 6.61 Å². The van der Waals surface area contributed by atoms with E-state index in [9.17, 15) is 9.59 Å². The summed E-state index contributed by atoms with van der Waals surface area (Å²) in [4.78, 5) is 23.5. The van der Waals surface area contributed by atoms with Gasteiger partial charge in [0.2, 0.25) is 0 Å². The van der Waals surface area contributed by atoms with Crippen LogP contribution >= 0.6 is 11.6 Å². The molecule has 0 radical (unpaired) electrons. The number of hydrogen-bond donors (Lipinski definition) is 1. The normalized spacial score (nSPS) is 13.4. The molecule has 0 bridgehead atoms. The summed E-state index contributed by atoms with van der Waals surface area (Å²) < 4.78 is 4.87. The van der Waals surface area contributed by atoms with E-state index < -0.39 is 24.0 Å². The second-order valence-electron chi connectivity index (χ2n) is 5.97. The first-order valence-electron chi connectivity index (χ1n) is 7.51. The van der Waals surface area contributed by atoms with Crippen molar-refractivity contribution in [1.29, 1.82) is 5.26 Å². The van der Waals surface area contributed by atoms with Crippen LogP contribution in [0.2, 0.25) is 5.02 Å². The van der Waals surface area contributed by atoms with Crippen LogP contribution < -0.4 is 5.32 Å². The van der Waals surface area contributed by atoms with Gasteiger partial charge in [-0.25, -0.2) is 4.79 Å². The van der Waals surface area contributed by atoms with E-state index in [4.69, 9.17) is 21.6 Å². The molecule has 1 rings (SSSR count). The number of benzene rings is 1. The number of ether oxygens (including phenoxy) is 1. The smallest absolute Gasteiger partial charge is 0.331 e. The van der Waals surface area contributed by atoms with Gasteiger partial charge in [0.05, 0.1) is 6.07 Å². The van der Waals surface area contributed by atoms with Gasteiger partial charge >= 0.3 is 5.97 Å². The van der Waals surface area contributed by atoms with Crippen molar-refractivity contribution in [2.24, 2.45) is 5.92 Å². The highest BCUT2D eigenvalue weighted by Crippen LogP contribution is 2.17. The summed E-state index contributed by atoms with van der Waals surface area (Å²) >= 11 is 6.00. The number of esters is 1. The van der Waals surface area contributed by atoms with E-state index in [1.54, 1.807) is 19.1 Å². The highest BCUT2D eigenvalue weighted by molar-refractivity contribution is 6.31. The molecule has 1 amide bonds. The first-order chi connectivity index (χ1) is 11.2. The number of carbonyl (C=O) groups excluding carboxylic acids is 2. The molecule has 0 spiro atoms. The lowest BCUT2D eigenvalue weighted by Gasteiger charge is -2.27. The average Bonchev–Trinajstić information content (AvgIpc) is 2.53. The van der Waals surface area contributed by atoms with Crippen LogP contribution in [0, 0.1) is 24.2 Å². The van der Waals surface area contributed by atoms with Gasteiger partial charge in [0, 0.05) is 11.1 Å². The summed E-state index contributed by atoms with van der Waals surface area (Å²) in [5.41, 5.74) is 0.695. The molecule has 0 saturated carbocycles. The highest BCUT2D eigenvalue weighted by Gasteiger charge is 2.30. The second-order valence-corrected chi connectivity index (χ2v) is 6.37. The third-order valence-electron chi connectivity index (χ3n) is 3.74. The molecule has 0 saturated heterocycles. The third kappa shape index (κ3) is 5.71. The number of nitrogens with zero attached hydrogens (tertiary/aromatic N) is 1. The maximum atomic E-state index is 11.8. The van der Waals surface area contributed by atoms with Crippen molar-refractivity contribution in [1.82, 2.24) is 5.32 Å². The van der Waals surface area contributed by atoms with E-state index >= 15 is 0 Å². The van der Waals surface area contributed by atoms with Crippen molar-refractivity contribution in [3.8, 4) is 6.07 Å². The summed E-state index contributed by atoms with van der Waals surface area (Å²) in [6, 6.07) is 7.45. The Kier molecular flexibility index (Phi) is 6.99. The molecule has 0 unspecified atom stereocenters. The lowest BCUT2D eigenvalue weighted by atomic mass is 9.90. The number of halogens is 1. The number of hydrogen-bond acceptors (Lipinski definition) is 4. The average molecular weight is 349 g/mol. The number of amides is 1. The van der Waals surface area contributed by atoms with Crippen LogP contribution in [0.1, 0.15) is 31.9 Å². The maximum absolute atomic E-state index is 11.8. The Balaban J connectivity index is 2.54. The van der Waals surface area contributed by atoms with Gasteiger partial charge in [0.15, 0.2) is 6.61 Å². The van der Waals surface area contributed by atoms with Crippen molar-refractivity contribution in [3.63, 3.8) is 0 Å². The Morgan fingerprint density at radius 3 is 2.67 bits per heavy atom. The first-order valence-corrected chi connectivity index (χ1v) is 7.89. The van der Waals surface area contributed by atoms with Crippen LogP contribution in [0.4, 0.5) is 0 Å². The molecule has 1 N–H and O–H groups in total. The standard InChI is InChI=1S/C18H21ClN2O3/c1-12(2)18(4,11-20)21-16(22)10-24-17(23)8-7-14-6-5-13(3)15(19)9-14/h5-9,12H,10H2,1-4H3,(H,21,22)/b8-7+/t18-/m0/s1. The molecule has 1 aromatic carbocycles. The molecule has 1 aromatic rings. The van der Waals surface area contributed by atoms with Crippen molar-refractivity contribution < 1.29 is 14.3 Å². The summed E-state index contributed by atoms with van der Waals surface area (Å²) in [7, 11) is 0.